The fourth-order valence-electron chi connectivity index (χ4n) is 1.44. The Kier molecular flexibility index (Phi) is 3.39. The fourth-order valence-corrected chi connectivity index (χ4v) is 1.44. The van der Waals surface area contributed by atoms with Crippen LogP contribution in [0.3, 0.4) is 0 Å². The Balaban J connectivity index is 2.19. The van der Waals surface area contributed by atoms with Crippen molar-refractivity contribution in [3.63, 3.8) is 0 Å². The number of rotatable bonds is 3. The SMILES string of the molecule is [CH2]/C=C/c1cccc(Oc2ccccc2)c1. The quantitative estimate of drug-likeness (QED) is 0.731. The van der Waals surface area contributed by atoms with E-state index >= 15 is 0 Å². The fraction of sp³-hybridized carbons (Fsp3) is 0. The van der Waals surface area contributed by atoms with Gasteiger partial charge in [0.25, 0.3) is 0 Å². The number of hydrogen-bond acceptors (Lipinski definition) is 1. The van der Waals surface area contributed by atoms with Gasteiger partial charge in [0.1, 0.15) is 11.5 Å². The minimum atomic E-state index is 0.835. The van der Waals surface area contributed by atoms with Gasteiger partial charge in [0.15, 0.2) is 0 Å². The Hall–Kier alpha value is -2.02. The molecule has 0 heterocycles. The molecule has 1 heteroatoms. The molecule has 0 amide bonds. The molecule has 0 saturated carbocycles. The predicted octanol–water partition coefficient (Wildman–Crippen LogP) is 4.33. The zero-order chi connectivity index (χ0) is 11.2. The van der Waals surface area contributed by atoms with E-state index in [2.05, 4.69) is 6.92 Å². The highest BCUT2D eigenvalue weighted by atomic mass is 16.5. The van der Waals surface area contributed by atoms with Crippen LogP contribution in [0.4, 0.5) is 0 Å². The maximum atomic E-state index is 5.71. The second-order valence-electron chi connectivity index (χ2n) is 3.39. The molecule has 0 aliphatic heterocycles. The van der Waals surface area contributed by atoms with Crippen molar-refractivity contribution >= 4 is 6.08 Å². The number of benzene rings is 2. The van der Waals surface area contributed by atoms with Crippen LogP contribution in [0.2, 0.25) is 0 Å². The molecule has 0 aromatic heterocycles. The Morgan fingerprint density at radius 3 is 2.38 bits per heavy atom. The number of hydrogen-bond donors (Lipinski definition) is 0. The second-order valence-corrected chi connectivity index (χ2v) is 3.39. The van der Waals surface area contributed by atoms with E-state index in [4.69, 9.17) is 4.74 Å². The van der Waals surface area contributed by atoms with Gasteiger partial charge in [-0.05, 0) is 36.8 Å². The van der Waals surface area contributed by atoms with Crippen LogP contribution in [-0.2, 0) is 0 Å². The number of para-hydroxylation sites is 1. The molecular weight excluding hydrogens is 196 g/mol. The summed E-state index contributed by atoms with van der Waals surface area (Å²) in [5, 5.41) is 0. The van der Waals surface area contributed by atoms with Crippen LogP contribution in [0.25, 0.3) is 6.08 Å². The van der Waals surface area contributed by atoms with E-state index in [-0.39, 0.29) is 0 Å². The molecule has 0 aliphatic carbocycles. The van der Waals surface area contributed by atoms with Gasteiger partial charge in [-0.2, -0.15) is 0 Å². The van der Waals surface area contributed by atoms with Gasteiger partial charge >= 0.3 is 0 Å². The molecule has 16 heavy (non-hydrogen) atoms. The molecule has 0 unspecified atom stereocenters. The molecule has 0 spiro atoms. The van der Waals surface area contributed by atoms with E-state index in [0.717, 1.165) is 17.1 Å². The first kappa shape index (κ1) is 10.5. The van der Waals surface area contributed by atoms with E-state index < -0.39 is 0 Å². The Labute approximate surface area is 96.0 Å². The maximum absolute atomic E-state index is 5.71. The third-order valence-corrected chi connectivity index (χ3v) is 2.15. The summed E-state index contributed by atoms with van der Waals surface area (Å²) in [4.78, 5) is 0. The predicted molar refractivity (Wildman–Crippen MR) is 67.3 cm³/mol. The molecule has 0 atom stereocenters. The topological polar surface area (TPSA) is 9.23 Å². The number of allylic oxidation sites excluding steroid dienone is 1. The molecule has 0 aliphatic rings. The lowest BCUT2D eigenvalue weighted by molar-refractivity contribution is 0.482. The van der Waals surface area contributed by atoms with Crippen molar-refractivity contribution in [3.8, 4) is 11.5 Å². The van der Waals surface area contributed by atoms with Gasteiger partial charge in [-0.1, -0.05) is 42.5 Å². The summed E-state index contributed by atoms with van der Waals surface area (Å²) in [6.07, 6.45) is 3.71. The minimum Gasteiger partial charge on any atom is -0.457 e. The molecule has 2 aromatic rings. The van der Waals surface area contributed by atoms with E-state index in [1.165, 1.54) is 0 Å². The summed E-state index contributed by atoms with van der Waals surface area (Å²) in [6.45, 7) is 3.67. The van der Waals surface area contributed by atoms with E-state index in [1.807, 2.05) is 60.7 Å². The van der Waals surface area contributed by atoms with Crippen LogP contribution < -0.4 is 4.74 Å². The zero-order valence-electron chi connectivity index (χ0n) is 8.97. The summed E-state index contributed by atoms with van der Waals surface area (Å²) in [6, 6.07) is 17.6. The molecule has 1 nitrogen and oxygen atoms in total. The summed E-state index contributed by atoms with van der Waals surface area (Å²) in [5.74, 6) is 1.68. The summed E-state index contributed by atoms with van der Waals surface area (Å²) < 4.78 is 5.71. The van der Waals surface area contributed by atoms with Crippen molar-refractivity contribution < 1.29 is 4.74 Å². The van der Waals surface area contributed by atoms with Gasteiger partial charge in [-0.15, -0.1) is 0 Å². The first-order valence-corrected chi connectivity index (χ1v) is 5.17. The smallest absolute Gasteiger partial charge is 0.128 e. The van der Waals surface area contributed by atoms with Crippen LogP contribution in [0.1, 0.15) is 5.56 Å². The minimum absolute atomic E-state index is 0.835. The van der Waals surface area contributed by atoms with Crippen molar-refractivity contribution in [2.75, 3.05) is 0 Å². The molecule has 79 valence electrons. The van der Waals surface area contributed by atoms with Gasteiger partial charge in [-0.25, -0.2) is 0 Å². The average Bonchev–Trinajstić information content (AvgIpc) is 2.31. The maximum Gasteiger partial charge on any atom is 0.128 e. The lowest BCUT2D eigenvalue weighted by Crippen LogP contribution is -1.83. The monoisotopic (exact) mass is 209 g/mol. The highest BCUT2D eigenvalue weighted by molar-refractivity contribution is 5.52. The molecule has 0 bridgehead atoms. The molecule has 1 radical (unpaired) electrons. The Morgan fingerprint density at radius 2 is 1.62 bits per heavy atom. The molecule has 0 saturated heterocycles. The molecule has 2 aromatic carbocycles. The highest BCUT2D eigenvalue weighted by Crippen LogP contribution is 2.22. The van der Waals surface area contributed by atoms with Crippen LogP contribution in [0, 0.1) is 6.92 Å². The second kappa shape index (κ2) is 5.17. The van der Waals surface area contributed by atoms with Gasteiger partial charge < -0.3 is 4.74 Å². The zero-order valence-corrected chi connectivity index (χ0v) is 8.97. The van der Waals surface area contributed by atoms with Crippen molar-refractivity contribution in [2.24, 2.45) is 0 Å². The van der Waals surface area contributed by atoms with Gasteiger partial charge in [0.05, 0.1) is 0 Å². The number of ether oxygens (including phenoxy) is 1. The first-order valence-electron chi connectivity index (χ1n) is 5.17. The molecular formula is C15H13O. The summed E-state index contributed by atoms with van der Waals surface area (Å²) in [5.41, 5.74) is 1.09. The van der Waals surface area contributed by atoms with Gasteiger partial charge in [0, 0.05) is 0 Å². The third kappa shape index (κ3) is 2.74. The first-order chi connectivity index (χ1) is 7.88. The lowest BCUT2D eigenvalue weighted by Gasteiger charge is -2.05. The van der Waals surface area contributed by atoms with Crippen LogP contribution >= 0.6 is 0 Å². The molecule has 0 N–H and O–H groups in total. The van der Waals surface area contributed by atoms with E-state index in [0.29, 0.717) is 0 Å². The summed E-state index contributed by atoms with van der Waals surface area (Å²) in [7, 11) is 0. The van der Waals surface area contributed by atoms with Crippen molar-refractivity contribution in [1.29, 1.82) is 0 Å². The third-order valence-electron chi connectivity index (χ3n) is 2.15. The Morgan fingerprint density at radius 1 is 0.875 bits per heavy atom. The highest BCUT2D eigenvalue weighted by Gasteiger charge is 1.96. The molecule has 2 rings (SSSR count). The Bertz CT molecular complexity index is 472. The van der Waals surface area contributed by atoms with Crippen LogP contribution in [-0.4, -0.2) is 0 Å². The van der Waals surface area contributed by atoms with Crippen LogP contribution in [0.15, 0.2) is 60.7 Å². The standard InChI is InChI=1S/C15H13O/c1-2-7-13-8-6-11-15(12-13)16-14-9-4-3-5-10-14/h2-12H,1H2/b7-2+. The van der Waals surface area contributed by atoms with E-state index in [1.54, 1.807) is 6.08 Å². The van der Waals surface area contributed by atoms with Gasteiger partial charge in [-0.3, -0.25) is 0 Å². The van der Waals surface area contributed by atoms with E-state index in [9.17, 15) is 0 Å². The summed E-state index contributed by atoms with van der Waals surface area (Å²) >= 11 is 0. The van der Waals surface area contributed by atoms with Crippen molar-refractivity contribution in [2.45, 2.75) is 0 Å². The largest absolute Gasteiger partial charge is 0.457 e. The average molecular weight is 209 g/mol. The van der Waals surface area contributed by atoms with Gasteiger partial charge in [0.2, 0.25) is 0 Å². The van der Waals surface area contributed by atoms with Crippen molar-refractivity contribution in [3.05, 3.63) is 73.2 Å². The van der Waals surface area contributed by atoms with Crippen molar-refractivity contribution in [1.82, 2.24) is 0 Å². The molecule has 0 fully saturated rings. The lowest BCUT2D eigenvalue weighted by atomic mass is 10.2. The van der Waals surface area contributed by atoms with Crippen LogP contribution in [0.5, 0.6) is 11.5 Å². The normalized spacial score (nSPS) is 10.6.